The normalized spacial score (nSPS) is 14.8. The van der Waals surface area contributed by atoms with Crippen LogP contribution in [0.5, 0.6) is 11.5 Å². The van der Waals surface area contributed by atoms with E-state index >= 15 is 0 Å². The second-order valence-electron chi connectivity index (χ2n) is 6.63. The smallest absolute Gasteiger partial charge is 0.317 e. The van der Waals surface area contributed by atoms with Crippen molar-refractivity contribution < 1.29 is 14.3 Å². The average Bonchev–Trinajstić information content (AvgIpc) is 3.13. The molecule has 1 aliphatic rings. The van der Waals surface area contributed by atoms with Gasteiger partial charge in [0.2, 0.25) is 0 Å². The number of thiophene rings is 1. The molecule has 3 rings (SSSR count). The second kappa shape index (κ2) is 10.1. The number of urea groups is 1. The van der Waals surface area contributed by atoms with Crippen LogP contribution in [0.25, 0.3) is 0 Å². The monoisotopic (exact) mass is 467 g/mol. The van der Waals surface area contributed by atoms with Crippen molar-refractivity contribution >= 4 is 33.3 Å². The Bertz CT molecular complexity index is 791. The van der Waals surface area contributed by atoms with Crippen LogP contribution in [-0.4, -0.2) is 62.8 Å². The first kappa shape index (κ1) is 21.0. The third-order valence-corrected chi connectivity index (χ3v) is 6.44. The number of nitrogens with one attached hydrogen (secondary N) is 1. The molecule has 0 aliphatic carbocycles. The Balaban J connectivity index is 1.41. The molecule has 152 valence electrons. The standard InChI is InChI=1S/C20H26BrN3O3S/c1-26-16-4-3-15(18(13-16)27-2)7-8-22-20(25)24-11-9-23(10-12-24)14-17-5-6-19(21)28-17/h3-6,13H,7-12,14H2,1-2H3,(H,22,25). The van der Waals surface area contributed by atoms with Gasteiger partial charge in [-0.1, -0.05) is 6.07 Å². The molecule has 1 fully saturated rings. The van der Waals surface area contributed by atoms with E-state index < -0.39 is 0 Å². The molecule has 0 bridgehead atoms. The zero-order valence-electron chi connectivity index (χ0n) is 16.2. The van der Waals surface area contributed by atoms with E-state index in [9.17, 15) is 4.79 Å². The molecule has 0 radical (unpaired) electrons. The molecule has 2 heterocycles. The van der Waals surface area contributed by atoms with Gasteiger partial charge in [-0.25, -0.2) is 4.79 Å². The van der Waals surface area contributed by atoms with Gasteiger partial charge in [0, 0.05) is 50.2 Å². The zero-order chi connectivity index (χ0) is 19.9. The van der Waals surface area contributed by atoms with E-state index in [1.165, 1.54) is 4.88 Å². The molecular formula is C20H26BrN3O3S. The lowest BCUT2D eigenvalue weighted by Crippen LogP contribution is -2.51. The number of halogens is 1. The van der Waals surface area contributed by atoms with Crippen LogP contribution in [0.15, 0.2) is 34.1 Å². The zero-order valence-corrected chi connectivity index (χ0v) is 18.6. The molecular weight excluding hydrogens is 442 g/mol. The Morgan fingerprint density at radius 3 is 2.57 bits per heavy atom. The first-order valence-corrected chi connectivity index (χ1v) is 10.9. The Labute approximate surface area is 178 Å². The van der Waals surface area contributed by atoms with Crippen LogP contribution in [0.4, 0.5) is 4.79 Å². The topological polar surface area (TPSA) is 54.0 Å². The number of benzene rings is 1. The minimum absolute atomic E-state index is 0.00555. The van der Waals surface area contributed by atoms with Gasteiger partial charge in [0.25, 0.3) is 0 Å². The molecule has 0 atom stereocenters. The lowest BCUT2D eigenvalue weighted by atomic mass is 10.1. The van der Waals surface area contributed by atoms with Crippen LogP contribution < -0.4 is 14.8 Å². The quantitative estimate of drug-likeness (QED) is 0.675. The van der Waals surface area contributed by atoms with Crippen LogP contribution in [0.3, 0.4) is 0 Å². The minimum Gasteiger partial charge on any atom is -0.497 e. The molecule has 1 aliphatic heterocycles. The lowest BCUT2D eigenvalue weighted by molar-refractivity contribution is 0.136. The molecule has 1 N–H and O–H groups in total. The maximum atomic E-state index is 12.5. The largest absolute Gasteiger partial charge is 0.497 e. The Morgan fingerprint density at radius 1 is 1.14 bits per heavy atom. The van der Waals surface area contributed by atoms with E-state index in [1.807, 2.05) is 23.1 Å². The molecule has 1 aromatic carbocycles. The highest BCUT2D eigenvalue weighted by Gasteiger charge is 2.21. The Morgan fingerprint density at radius 2 is 1.93 bits per heavy atom. The van der Waals surface area contributed by atoms with E-state index in [-0.39, 0.29) is 6.03 Å². The maximum absolute atomic E-state index is 12.5. The molecule has 6 nitrogen and oxygen atoms in total. The summed E-state index contributed by atoms with van der Waals surface area (Å²) in [4.78, 5) is 18.1. The van der Waals surface area contributed by atoms with Gasteiger partial charge < -0.3 is 19.7 Å². The van der Waals surface area contributed by atoms with E-state index in [1.54, 1.807) is 25.6 Å². The fourth-order valence-corrected chi connectivity index (χ4v) is 4.77. The van der Waals surface area contributed by atoms with E-state index in [0.717, 1.165) is 53.6 Å². The van der Waals surface area contributed by atoms with Crippen molar-refractivity contribution in [1.29, 1.82) is 0 Å². The van der Waals surface area contributed by atoms with Crippen LogP contribution in [0, 0.1) is 0 Å². The highest BCUT2D eigenvalue weighted by Crippen LogP contribution is 2.25. The van der Waals surface area contributed by atoms with E-state index in [2.05, 4.69) is 38.3 Å². The summed E-state index contributed by atoms with van der Waals surface area (Å²) in [6.07, 6.45) is 0.714. The van der Waals surface area contributed by atoms with Gasteiger partial charge in [0.15, 0.2) is 0 Å². The van der Waals surface area contributed by atoms with Crippen LogP contribution >= 0.6 is 27.3 Å². The van der Waals surface area contributed by atoms with Crippen molar-refractivity contribution in [3.8, 4) is 11.5 Å². The molecule has 28 heavy (non-hydrogen) atoms. The van der Waals surface area contributed by atoms with Crippen LogP contribution in [-0.2, 0) is 13.0 Å². The molecule has 2 amide bonds. The van der Waals surface area contributed by atoms with Crippen molar-refractivity contribution in [3.63, 3.8) is 0 Å². The summed E-state index contributed by atoms with van der Waals surface area (Å²) < 4.78 is 11.8. The number of methoxy groups -OCH3 is 2. The second-order valence-corrected chi connectivity index (χ2v) is 9.18. The summed E-state index contributed by atoms with van der Waals surface area (Å²) in [5.74, 6) is 1.54. The summed E-state index contributed by atoms with van der Waals surface area (Å²) in [7, 11) is 3.28. The van der Waals surface area contributed by atoms with Crippen molar-refractivity contribution in [2.24, 2.45) is 0 Å². The van der Waals surface area contributed by atoms with Crippen LogP contribution in [0.1, 0.15) is 10.4 Å². The van der Waals surface area contributed by atoms with Gasteiger partial charge in [0.1, 0.15) is 11.5 Å². The van der Waals surface area contributed by atoms with Gasteiger partial charge in [-0.05, 0) is 46.1 Å². The number of rotatable bonds is 7. The summed E-state index contributed by atoms with van der Waals surface area (Å²) in [5, 5.41) is 3.03. The van der Waals surface area contributed by atoms with E-state index in [4.69, 9.17) is 9.47 Å². The van der Waals surface area contributed by atoms with Crippen molar-refractivity contribution in [1.82, 2.24) is 15.1 Å². The highest BCUT2D eigenvalue weighted by molar-refractivity contribution is 9.11. The maximum Gasteiger partial charge on any atom is 0.317 e. The van der Waals surface area contributed by atoms with Gasteiger partial charge >= 0.3 is 6.03 Å². The van der Waals surface area contributed by atoms with Gasteiger partial charge in [-0.3, -0.25) is 4.90 Å². The molecule has 1 saturated heterocycles. The number of carbonyl (C=O) groups is 1. The number of hydrogen-bond acceptors (Lipinski definition) is 5. The SMILES string of the molecule is COc1ccc(CCNC(=O)N2CCN(Cc3ccc(Br)s3)CC2)c(OC)c1. The molecule has 0 saturated carbocycles. The molecule has 0 spiro atoms. The highest BCUT2D eigenvalue weighted by atomic mass is 79.9. The molecule has 2 aromatic rings. The Hall–Kier alpha value is -1.77. The number of nitrogens with zero attached hydrogens (tertiary/aromatic N) is 2. The number of carbonyl (C=O) groups excluding carboxylic acids is 1. The number of piperazine rings is 1. The number of ether oxygens (including phenoxy) is 2. The fraction of sp³-hybridized carbons (Fsp3) is 0.450. The molecule has 1 aromatic heterocycles. The summed E-state index contributed by atoms with van der Waals surface area (Å²) >= 11 is 5.27. The molecule has 8 heteroatoms. The van der Waals surface area contributed by atoms with Gasteiger partial charge in [-0.2, -0.15) is 0 Å². The predicted octanol–water partition coefficient (Wildman–Crippen LogP) is 3.60. The number of amides is 2. The minimum atomic E-state index is 0.00555. The molecule has 0 unspecified atom stereocenters. The summed E-state index contributed by atoms with van der Waals surface area (Å²) in [6, 6.07) is 9.99. The fourth-order valence-electron chi connectivity index (χ4n) is 3.24. The Kier molecular flexibility index (Phi) is 7.58. The van der Waals surface area contributed by atoms with Crippen LogP contribution in [0.2, 0.25) is 0 Å². The van der Waals surface area contributed by atoms with Gasteiger partial charge in [0.05, 0.1) is 18.0 Å². The average molecular weight is 468 g/mol. The third-order valence-electron chi connectivity index (χ3n) is 4.83. The van der Waals surface area contributed by atoms with Crippen molar-refractivity contribution in [2.75, 3.05) is 46.9 Å². The summed E-state index contributed by atoms with van der Waals surface area (Å²) in [6.45, 7) is 4.83. The van der Waals surface area contributed by atoms with Crippen molar-refractivity contribution in [3.05, 3.63) is 44.6 Å². The van der Waals surface area contributed by atoms with Crippen molar-refractivity contribution in [2.45, 2.75) is 13.0 Å². The number of hydrogen-bond donors (Lipinski definition) is 1. The summed E-state index contributed by atoms with van der Waals surface area (Å²) in [5.41, 5.74) is 1.05. The van der Waals surface area contributed by atoms with E-state index in [0.29, 0.717) is 13.0 Å². The third kappa shape index (κ3) is 5.62. The lowest BCUT2D eigenvalue weighted by Gasteiger charge is -2.34. The van der Waals surface area contributed by atoms with Gasteiger partial charge in [-0.15, -0.1) is 11.3 Å². The first-order valence-electron chi connectivity index (χ1n) is 9.29. The predicted molar refractivity (Wildman–Crippen MR) is 116 cm³/mol. The first-order chi connectivity index (χ1) is 13.6.